The van der Waals surface area contributed by atoms with Crippen molar-refractivity contribution >= 4 is 0 Å². The van der Waals surface area contributed by atoms with Gasteiger partial charge in [0.25, 0.3) is 0 Å². The highest BCUT2D eigenvalue weighted by atomic mass is 19.1. The van der Waals surface area contributed by atoms with Gasteiger partial charge in [0.05, 0.1) is 0 Å². The molecule has 5 heteroatoms. The van der Waals surface area contributed by atoms with Gasteiger partial charge in [-0.1, -0.05) is 0 Å². The maximum Gasteiger partial charge on any atom is 0.247 e. The van der Waals surface area contributed by atoms with E-state index in [1.54, 1.807) is 19.1 Å². The molecule has 1 fully saturated rings. The van der Waals surface area contributed by atoms with Crippen molar-refractivity contribution < 1.29 is 8.81 Å². The zero-order valence-electron chi connectivity index (χ0n) is 10.8. The molecular formula is C14H16FN3O. The van der Waals surface area contributed by atoms with Crippen molar-refractivity contribution in [2.45, 2.75) is 32.2 Å². The lowest BCUT2D eigenvalue weighted by atomic mass is 10.1. The Kier molecular flexibility index (Phi) is 3.29. The molecular weight excluding hydrogens is 245 g/mol. The van der Waals surface area contributed by atoms with E-state index in [0.29, 0.717) is 23.4 Å². The maximum absolute atomic E-state index is 13.2. The molecule has 1 aliphatic carbocycles. The Hall–Kier alpha value is -1.75. The number of halogens is 1. The van der Waals surface area contributed by atoms with Gasteiger partial charge in [0.15, 0.2) is 0 Å². The summed E-state index contributed by atoms with van der Waals surface area (Å²) >= 11 is 0. The first kappa shape index (κ1) is 12.3. The molecule has 1 aromatic heterocycles. The van der Waals surface area contributed by atoms with Gasteiger partial charge in [0, 0.05) is 24.6 Å². The summed E-state index contributed by atoms with van der Waals surface area (Å²) in [6, 6.07) is 5.47. The Morgan fingerprint density at radius 3 is 2.95 bits per heavy atom. The minimum Gasteiger partial charge on any atom is -0.421 e. The first-order valence-electron chi connectivity index (χ1n) is 6.54. The van der Waals surface area contributed by atoms with Gasteiger partial charge in [-0.05, 0) is 43.5 Å². The minimum absolute atomic E-state index is 0.225. The molecule has 1 N–H and O–H groups in total. The van der Waals surface area contributed by atoms with E-state index in [1.807, 2.05) is 0 Å². The molecule has 0 bridgehead atoms. The standard InChI is InChI=1S/C14H16FN3O/c1-9-8-10(2-5-12(9)15)14-18-17-13(19-14)6-7-16-11-3-4-11/h2,5,8,11,16H,3-4,6-7H2,1H3. The van der Waals surface area contributed by atoms with Gasteiger partial charge < -0.3 is 9.73 Å². The number of nitrogens with zero attached hydrogens (tertiary/aromatic N) is 2. The average molecular weight is 261 g/mol. The summed E-state index contributed by atoms with van der Waals surface area (Å²) < 4.78 is 18.8. The quantitative estimate of drug-likeness (QED) is 0.898. The highest BCUT2D eigenvalue weighted by Gasteiger charge is 2.20. The van der Waals surface area contributed by atoms with Crippen molar-refractivity contribution in [3.05, 3.63) is 35.5 Å². The molecule has 1 heterocycles. The van der Waals surface area contributed by atoms with Gasteiger partial charge in [-0.2, -0.15) is 0 Å². The van der Waals surface area contributed by atoms with Crippen LogP contribution in [0.1, 0.15) is 24.3 Å². The van der Waals surface area contributed by atoms with Gasteiger partial charge in [-0.25, -0.2) is 4.39 Å². The zero-order chi connectivity index (χ0) is 13.2. The van der Waals surface area contributed by atoms with Crippen LogP contribution in [0.15, 0.2) is 22.6 Å². The van der Waals surface area contributed by atoms with E-state index in [0.717, 1.165) is 18.5 Å². The number of hydrogen-bond donors (Lipinski definition) is 1. The van der Waals surface area contributed by atoms with Crippen molar-refractivity contribution in [3.8, 4) is 11.5 Å². The second-order valence-electron chi connectivity index (χ2n) is 4.94. The van der Waals surface area contributed by atoms with Gasteiger partial charge in [-0.3, -0.25) is 0 Å². The predicted octanol–water partition coefficient (Wildman–Crippen LogP) is 2.48. The van der Waals surface area contributed by atoms with Crippen LogP contribution in [-0.2, 0) is 6.42 Å². The molecule has 100 valence electrons. The van der Waals surface area contributed by atoms with Crippen molar-refractivity contribution in [2.24, 2.45) is 0 Å². The smallest absolute Gasteiger partial charge is 0.247 e. The van der Waals surface area contributed by atoms with Crippen LogP contribution in [0.3, 0.4) is 0 Å². The molecule has 0 aliphatic heterocycles. The van der Waals surface area contributed by atoms with Crippen molar-refractivity contribution in [1.29, 1.82) is 0 Å². The molecule has 0 unspecified atom stereocenters. The van der Waals surface area contributed by atoms with E-state index in [2.05, 4.69) is 15.5 Å². The summed E-state index contributed by atoms with van der Waals surface area (Å²) in [7, 11) is 0. The van der Waals surface area contributed by atoms with E-state index in [4.69, 9.17) is 4.42 Å². The van der Waals surface area contributed by atoms with E-state index in [1.165, 1.54) is 18.9 Å². The largest absolute Gasteiger partial charge is 0.421 e. The maximum atomic E-state index is 13.2. The summed E-state index contributed by atoms with van der Waals surface area (Å²) in [6.45, 7) is 2.57. The number of aromatic nitrogens is 2. The highest BCUT2D eigenvalue weighted by molar-refractivity contribution is 5.53. The summed E-state index contributed by atoms with van der Waals surface area (Å²) in [4.78, 5) is 0. The Morgan fingerprint density at radius 2 is 2.21 bits per heavy atom. The monoisotopic (exact) mass is 261 g/mol. The molecule has 1 aromatic carbocycles. The lowest BCUT2D eigenvalue weighted by molar-refractivity contribution is 0.494. The minimum atomic E-state index is -0.225. The van der Waals surface area contributed by atoms with E-state index in [9.17, 15) is 4.39 Å². The number of rotatable bonds is 5. The Morgan fingerprint density at radius 1 is 1.37 bits per heavy atom. The number of aryl methyl sites for hydroxylation is 1. The molecule has 0 spiro atoms. The second-order valence-corrected chi connectivity index (χ2v) is 4.94. The zero-order valence-corrected chi connectivity index (χ0v) is 10.8. The molecule has 0 radical (unpaired) electrons. The molecule has 0 amide bonds. The van der Waals surface area contributed by atoms with E-state index < -0.39 is 0 Å². The molecule has 4 nitrogen and oxygen atoms in total. The normalized spacial score (nSPS) is 14.8. The lowest BCUT2D eigenvalue weighted by Crippen LogP contribution is -2.19. The van der Waals surface area contributed by atoms with Crippen molar-refractivity contribution in [1.82, 2.24) is 15.5 Å². The van der Waals surface area contributed by atoms with Crippen LogP contribution in [0, 0.1) is 12.7 Å². The molecule has 1 aliphatic rings. The van der Waals surface area contributed by atoms with Gasteiger partial charge in [0.2, 0.25) is 11.8 Å². The van der Waals surface area contributed by atoms with Crippen LogP contribution in [0.25, 0.3) is 11.5 Å². The topological polar surface area (TPSA) is 51.0 Å². The Labute approximate surface area is 111 Å². The predicted molar refractivity (Wildman–Crippen MR) is 69.2 cm³/mol. The third-order valence-electron chi connectivity index (χ3n) is 3.22. The molecule has 19 heavy (non-hydrogen) atoms. The first-order chi connectivity index (χ1) is 9.22. The van der Waals surface area contributed by atoms with Gasteiger partial charge >= 0.3 is 0 Å². The highest BCUT2D eigenvalue weighted by Crippen LogP contribution is 2.21. The van der Waals surface area contributed by atoms with E-state index in [-0.39, 0.29) is 5.82 Å². The molecule has 3 rings (SSSR count). The first-order valence-corrected chi connectivity index (χ1v) is 6.54. The molecule has 0 saturated heterocycles. The third kappa shape index (κ3) is 2.98. The number of nitrogens with one attached hydrogen (secondary N) is 1. The fraction of sp³-hybridized carbons (Fsp3) is 0.429. The second kappa shape index (κ2) is 5.09. The Bertz CT molecular complexity index is 578. The number of benzene rings is 1. The van der Waals surface area contributed by atoms with Crippen LogP contribution in [0.5, 0.6) is 0 Å². The van der Waals surface area contributed by atoms with E-state index >= 15 is 0 Å². The van der Waals surface area contributed by atoms with Crippen molar-refractivity contribution in [3.63, 3.8) is 0 Å². The van der Waals surface area contributed by atoms with Gasteiger partial charge in [0.1, 0.15) is 5.82 Å². The summed E-state index contributed by atoms with van der Waals surface area (Å²) in [5, 5.41) is 11.4. The SMILES string of the molecule is Cc1cc(-c2nnc(CCNC3CC3)o2)ccc1F. The van der Waals surface area contributed by atoms with Crippen LogP contribution in [0.4, 0.5) is 4.39 Å². The van der Waals surface area contributed by atoms with Crippen molar-refractivity contribution in [2.75, 3.05) is 6.54 Å². The molecule has 2 aromatic rings. The molecule has 0 atom stereocenters. The number of hydrogen-bond acceptors (Lipinski definition) is 4. The van der Waals surface area contributed by atoms with Crippen LogP contribution < -0.4 is 5.32 Å². The lowest BCUT2D eigenvalue weighted by Gasteiger charge is -1.99. The average Bonchev–Trinajstić information content (AvgIpc) is 3.10. The third-order valence-corrected chi connectivity index (χ3v) is 3.22. The summed E-state index contributed by atoms with van der Waals surface area (Å²) in [5.41, 5.74) is 1.33. The summed E-state index contributed by atoms with van der Waals surface area (Å²) in [5.74, 6) is 0.840. The van der Waals surface area contributed by atoms with Crippen LogP contribution >= 0.6 is 0 Å². The fourth-order valence-corrected chi connectivity index (χ4v) is 1.92. The van der Waals surface area contributed by atoms with Crippen LogP contribution in [0.2, 0.25) is 0 Å². The summed E-state index contributed by atoms with van der Waals surface area (Å²) in [6.07, 6.45) is 3.26. The fourth-order valence-electron chi connectivity index (χ4n) is 1.92. The van der Waals surface area contributed by atoms with Gasteiger partial charge in [-0.15, -0.1) is 10.2 Å². The van der Waals surface area contributed by atoms with Crippen LogP contribution in [-0.4, -0.2) is 22.8 Å². The molecule has 1 saturated carbocycles. The Balaban J connectivity index is 1.67.